The number of rotatable bonds is 4. The maximum Gasteiger partial charge on any atom is -0.00930 e. The maximum absolute atomic E-state index is 2.33. The van der Waals surface area contributed by atoms with Gasteiger partial charge in [0.2, 0.25) is 0 Å². The Bertz CT molecular complexity index is 261. The SMILES string of the molecule is CCCC[CH]c1ccc(C)c(C)c1. The quantitative estimate of drug-likeness (QED) is 0.606. The molecular weight excluding hydrogens is 156 g/mol. The highest BCUT2D eigenvalue weighted by molar-refractivity contribution is 5.33. The van der Waals surface area contributed by atoms with Crippen LogP contribution in [0.1, 0.15) is 42.9 Å². The van der Waals surface area contributed by atoms with Crippen LogP contribution >= 0.6 is 0 Å². The van der Waals surface area contributed by atoms with Crippen molar-refractivity contribution in [3.05, 3.63) is 41.3 Å². The number of benzene rings is 1. The third kappa shape index (κ3) is 3.22. The van der Waals surface area contributed by atoms with Crippen molar-refractivity contribution in [3.8, 4) is 0 Å². The van der Waals surface area contributed by atoms with Gasteiger partial charge in [-0.25, -0.2) is 0 Å². The Morgan fingerprint density at radius 3 is 2.54 bits per heavy atom. The Morgan fingerprint density at radius 1 is 1.15 bits per heavy atom. The van der Waals surface area contributed by atoms with Crippen LogP contribution in [0.4, 0.5) is 0 Å². The fourth-order valence-corrected chi connectivity index (χ4v) is 1.36. The van der Waals surface area contributed by atoms with Crippen molar-refractivity contribution in [2.75, 3.05) is 0 Å². The topological polar surface area (TPSA) is 0 Å². The molecule has 0 fully saturated rings. The summed E-state index contributed by atoms with van der Waals surface area (Å²) in [5, 5.41) is 0. The van der Waals surface area contributed by atoms with E-state index in [0.717, 1.165) is 0 Å². The molecule has 1 aromatic rings. The first-order valence-electron chi connectivity index (χ1n) is 5.14. The molecule has 0 atom stereocenters. The molecule has 0 aliphatic carbocycles. The molecule has 1 rings (SSSR count). The van der Waals surface area contributed by atoms with Gasteiger partial charge in [-0.2, -0.15) is 0 Å². The smallest absolute Gasteiger partial charge is 0.00930 e. The fraction of sp³-hybridized carbons (Fsp3) is 0.462. The van der Waals surface area contributed by atoms with Crippen LogP contribution in [0.5, 0.6) is 0 Å². The summed E-state index contributed by atoms with van der Waals surface area (Å²) in [6.07, 6.45) is 6.11. The summed E-state index contributed by atoms with van der Waals surface area (Å²) in [4.78, 5) is 0. The third-order valence-corrected chi connectivity index (χ3v) is 2.47. The molecule has 0 spiro atoms. The molecule has 0 nitrogen and oxygen atoms in total. The van der Waals surface area contributed by atoms with Crippen LogP contribution in [-0.2, 0) is 0 Å². The van der Waals surface area contributed by atoms with Crippen molar-refractivity contribution in [2.45, 2.75) is 40.0 Å². The minimum atomic E-state index is 1.21. The number of hydrogen-bond acceptors (Lipinski definition) is 0. The molecule has 1 radical (unpaired) electrons. The largest absolute Gasteiger partial charge is 0.0654 e. The van der Waals surface area contributed by atoms with Gasteiger partial charge in [-0.3, -0.25) is 0 Å². The number of aryl methyl sites for hydroxylation is 2. The molecule has 0 aromatic heterocycles. The Balaban J connectivity index is 2.53. The zero-order valence-electron chi connectivity index (χ0n) is 8.93. The lowest BCUT2D eigenvalue weighted by Gasteiger charge is -2.04. The van der Waals surface area contributed by atoms with Crippen molar-refractivity contribution in [1.82, 2.24) is 0 Å². The molecule has 13 heavy (non-hydrogen) atoms. The molecule has 0 bridgehead atoms. The Kier molecular flexibility index (Phi) is 4.01. The highest BCUT2D eigenvalue weighted by Gasteiger charge is 1.96. The summed E-state index contributed by atoms with van der Waals surface area (Å²) in [6.45, 7) is 6.56. The standard InChI is InChI=1S/C13H19/c1-4-5-6-7-13-9-8-11(2)12(3)10-13/h7-10H,4-6H2,1-3H3. The zero-order valence-corrected chi connectivity index (χ0v) is 8.93. The summed E-state index contributed by atoms with van der Waals surface area (Å²) < 4.78 is 0. The number of hydrogen-bond donors (Lipinski definition) is 0. The van der Waals surface area contributed by atoms with E-state index in [2.05, 4.69) is 45.4 Å². The molecule has 0 unspecified atom stereocenters. The molecule has 0 heteroatoms. The van der Waals surface area contributed by atoms with Crippen LogP contribution in [0.15, 0.2) is 18.2 Å². The molecule has 0 aliphatic heterocycles. The Labute approximate surface area is 82.0 Å². The van der Waals surface area contributed by atoms with Gasteiger partial charge in [0.1, 0.15) is 0 Å². The average Bonchev–Trinajstić information content (AvgIpc) is 2.12. The van der Waals surface area contributed by atoms with Crippen LogP contribution < -0.4 is 0 Å². The number of unbranched alkanes of at least 4 members (excludes halogenated alkanes) is 2. The summed E-state index contributed by atoms with van der Waals surface area (Å²) in [5.41, 5.74) is 4.15. The second-order valence-electron chi connectivity index (χ2n) is 3.69. The van der Waals surface area contributed by atoms with Gasteiger partial charge in [0.15, 0.2) is 0 Å². The van der Waals surface area contributed by atoms with Gasteiger partial charge in [-0.05, 0) is 43.4 Å². The van der Waals surface area contributed by atoms with E-state index in [0.29, 0.717) is 0 Å². The monoisotopic (exact) mass is 175 g/mol. The van der Waals surface area contributed by atoms with Crippen LogP contribution in [0.25, 0.3) is 0 Å². The van der Waals surface area contributed by atoms with Crippen molar-refractivity contribution in [2.24, 2.45) is 0 Å². The predicted octanol–water partition coefficient (Wildman–Crippen LogP) is 4.05. The van der Waals surface area contributed by atoms with Crippen LogP contribution in [0.3, 0.4) is 0 Å². The van der Waals surface area contributed by atoms with E-state index >= 15 is 0 Å². The summed E-state index contributed by atoms with van der Waals surface area (Å²) in [7, 11) is 0. The minimum Gasteiger partial charge on any atom is -0.0654 e. The van der Waals surface area contributed by atoms with E-state index in [1.54, 1.807) is 0 Å². The predicted molar refractivity (Wildman–Crippen MR) is 58.8 cm³/mol. The van der Waals surface area contributed by atoms with Crippen LogP contribution in [-0.4, -0.2) is 0 Å². The van der Waals surface area contributed by atoms with Gasteiger partial charge in [0.25, 0.3) is 0 Å². The van der Waals surface area contributed by atoms with E-state index in [1.165, 1.54) is 36.0 Å². The molecule has 1 aromatic carbocycles. The first-order chi connectivity index (χ1) is 6.24. The first kappa shape index (κ1) is 10.3. The molecule has 0 N–H and O–H groups in total. The van der Waals surface area contributed by atoms with Crippen LogP contribution in [0, 0.1) is 20.3 Å². The van der Waals surface area contributed by atoms with Crippen molar-refractivity contribution in [3.63, 3.8) is 0 Å². The highest BCUT2D eigenvalue weighted by atomic mass is 14.0. The Hall–Kier alpha value is -0.780. The normalized spacial score (nSPS) is 10.4. The maximum atomic E-state index is 2.33. The van der Waals surface area contributed by atoms with Gasteiger partial charge < -0.3 is 0 Å². The summed E-state index contributed by atoms with van der Waals surface area (Å²) in [6, 6.07) is 6.68. The van der Waals surface area contributed by atoms with Crippen molar-refractivity contribution >= 4 is 0 Å². The zero-order chi connectivity index (χ0) is 9.68. The first-order valence-corrected chi connectivity index (χ1v) is 5.14. The van der Waals surface area contributed by atoms with Gasteiger partial charge in [0, 0.05) is 0 Å². The molecule has 71 valence electrons. The molecule has 0 amide bonds. The average molecular weight is 175 g/mol. The molecule has 0 heterocycles. The van der Waals surface area contributed by atoms with Crippen molar-refractivity contribution in [1.29, 1.82) is 0 Å². The van der Waals surface area contributed by atoms with E-state index in [1.807, 2.05) is 0 Å². The second-order valence-corrected chi connectivity index (χ2v) is 3.69. The van der Waals surface area contributed by atoms with Gasteiger partial charge in [-0.15, -0.1) is 0 Å². The lowest BCUT2D eigenvalue weighted by Crippen LogP contribution is -1.86. The highest BCUT2D eigenvalue weighted by Crippen LogP contribution is 2.13. The second kappa shape index (κ2) is 5.06. The van der Waals surface area contributed by atoms with Gasteiger partial charge >= 0.3 is 0 Å². The molecule has 0 aliphatic rings. The van der Waals surface area contributed by atoms with E-state index in [4.69, 9.17) is 0 Å². The fourth-order valence-electron chi connectivity index (χ4n) is 1.36. The van der Waals surface area contributed by atoms with E-state index < -0.39 is 0 Å². The third-order valence-electron chi connectivity index (χ3n) is 2.47. The van der Waals surface area contributed by atoms with Crippen molar-refractivity contribution < 1.29 is 0 Å². The van der Waals surface area contributed by atoms with E-state index in [-0.39, 0.29) is 0 Å². The summed E-state index contributed by atoms with van der Waals surface area (Å²) >= 11 is 0. The molecular formula is C13H19. The molecule has 0 saturated carbocycles. The summed E-state index contributed by atoms with van der Waals surface area (Å²) in [5.74, 6) is 0. The van der Waals surface area contributed by atoms with Gasteiger partial charge in [-0.1, -0.05) is 38.0 Å². The van der Waals surface area contributed by atoms with Gasteiger partial charge in [0.05, 0.1) is 0 Å². The van der Waals surface area contributed by atoms with Crippen LogP contribution in [0.2, 0.25) is 0 Å². The van der Waals surface area contributed by atoms with E-state index in [9.17, 15) is 0 Å². The molecule has 0 saturated heterocycles. The lowest BCUT2D eigenvalue weighted by atomic mass is 10.0. The minimum absolute atomic E-state index is 1.21. The lowest BCUT2D eigenvalue weighted by molar-refractivity contribution is 0.791. The Morgan fingerprint density at radius 2 is 1.92 bits per heavy atom.